The van der Waals surface area contributed by atoms with E-state index in [0.29, 0.717) is 22.2 Å². The number of alkyl halides is 3. The van der Waals surface area contributed by atoms with Crippen molar-refractivity contribution in [1.82, 2.24) is 4.57 Å². The van der Waals surface area contributed by atoms with Crippen molar-refractivity contribution >= 4 is 16.6 Å². The fraction of sp³-hybridized carbons (Fsp3) is 0.250. The molecule has 1 heterocycles. The van der Waals surface area contributed by atoms with E-state index in [1.165, 1.54) is 12.1 Å². The number of hydrogen-bond acceptors (Lipinski definition) is 2. The van der Waals surface area contributed by atoms with E-state index in [1.807, 2.05) is 0 Å². The normalized spacial score (nSPS) is 11.7. The van der Waals surface area contributed by atoms with Crippen molar-refractivity contribution in [3.8, 4) is 6.07 Å². The number of benzene rings is 1. The van der Waals surface area contributed by atoms with Crippen LogP contribution in [0.3, 0.4) is 0 Å². The lowest BCUT2D eigenvalue weighted by atomic mass is 10.1. The van der Waals surface area contributed by atoms with E-state index in [2.05, 4.69) is 0 Å². The molecule has 0 saturated carbocycles. The first-order chi connectivity index (χ1) is 8.33. The van der Waals surface area contributed by atoms with Crippen molar-refractivity contribution in [2.45, 2.75) is 19.6 Å². The lowest BCUT2D eigenvalue weighted by Gasteiger charge is -2.11. The molecular weight excluding hydrogens is 243 g/mol. The number of nitrogens with zero attached hydrogens (tertiary/aromatic N) is 2. The second-order valence-corrected chi connectivity index (χ2v) is 4.06. The van der Waals surface area contributed by atoms with Gasteiger partial charge in [-0.3, -0.25) is 0 Å². The lowest BCUT2D eigenvalue weighted by Crippen LogP contribution is -2.18. The number of nitriles is 1. The van der Waals surface area contributed by atoms with Crippen LogP contribution in [0.25, 0.3) is 10.9 Å². The van der Waals surface area contributed by atoms with Gasteiger partial charge in [-0.05, 0) is 30.7 Å². The first kappa shape index (κ1) is 12.3. The van der Waals surface area contributed by atoms with Gasteiger partial charge >= 0.3 is 6.18 Å². The predicted octanol–water partition coefficient (Wildman–Crippen LogP) is 2.97. The third kappa shape index (κ3) is 1.99. The number of halogens is 3. The average Bonchev–Trinajstić information content (AvgIpc) is 2.60. The van der Waals surface area contributed by atoms with Gasteiger partial charge in [-0.1, -0.05) is 0 Å². The SMILES string of the molecule is Cc1c(N)ccc2c1cc(C#N)n2CC(F)(F)F. The number of nitrogen functional groups attached to an aromatic ring is 1. The van der Waals surface area contributed by atoms with Crippen molar-refractivity contribution in [2.75, 3.05) is 5.73 Å². The summed E-state index contributed by atoms with van der Waals surface area (Å²) in [5, 5.41) is 9.49. The molecule has 0 aliphatic heterocycles. The highest BCUT2D eigenvalue weighted by Gasteiger charge is 2.30. The van der Waals surface area contributed by atoms with Crippen LogP contribution in [0.5, 0.6) is 0 Å². The summed E-state index contributed by atoms with van der Waals surface area (Å²) in [6.45, 7) is 0.541. The first-order valence-corrected chi connectivity index (χ1v) is 5.18. The van der Waals surface area contributed by atoms with Gasteiger partial charge < -0.3 is 10.3 Å². The zero-order chi connectivity index (χ0) is 13.5. The quantitative estimate of drug-likeness (QED) is 0.794. The molecule has 0 unspecified atom stereocenters. The van der Waals surface area contributed by atoms with Gasteiger partial charge in [0.25, 0.3) is 0 Å². The number of rotatable bonds is 1. The highest BCUT2D eigenvalue weighted by atomic mass is 19.4. The van der Waals surface area contributed by atoms with Crippen LogP contribution in [0.4, 0.5) is 18.9 Å². The van der Waals surface area contributed by atoms with Gasteiger partial charge in [0.2, 0.25) is 0 Å². The summed E-state index contributed by atoms with van der Waals surface area (Å²) in [5.74, 6) is 0. The van der Waals surface area contributed by atoms with Crippen LogP contribution in [0, 0.1) is 18.3 Å². The van der Waals surface area contributed by atoms with Crippen molar-refractivity contribution in [3.63, 3.8) is 0 Å². The van der Waals surface area contributed by atoms with Crippen LogP contribution < -0.4 is 5.73 Å². The maximum Gasteiger partial charge on any atom is 0.406 e. The van der Waals surface area contributed by atoms with Gasteiger partial charge in [0, 0.05) is 16.6 Å². The maximum absolute atomic E-state index is 12.5. The number of aromatic nitrogens is 1. The minimum atomic E-state index is -4.37. The minimum Gasteiger partial charge on any atom is -0.398 e. The minimum absolute atomic E-state index is 0.0176. The summed E-state index contributed by atoms with van der Waals surface area (Å²) in [5.41, 5.74) is 7.23. The van der Waals surface area contributed by atoms with Crippen molar-refractivity contribution in [1.29, 1.82) is 5.26 Å². The van der Waals surface area contributed by atoms with Gasteiger partial charge in [0.05, 0.1) is 0 Å². The molecule has 2 aromatic rings. The molecule has 2 rings (SSSR count). The molecule has 1 aromatic carbocycles. The molecule has 0 bridgehead atoms. The highest BCUT2D eigenvalue weighted by Crippen LogP contribution is 2.29. The van der Waals surface area contributed by atoms with Crippen molar-refractivity contribution in [3.05, 3.63) is 29.5 Å². The molecule has 94 valence electrons. The second kappa shape index (κ2) is 3.95. The molecule has 6 heteroatoms. The van der Waals surface area contributed by atoms with E-state index in [9.17, 15) is 13.2 Å². The molecule has 0 fully saturated rings. The Hall–Kier alpha value is -2.16. The Kier molecular flexibility index (Phi) is 2.70. The van der Waals surface area contributed by atoms with Crippen molar-refractivity contribution < 1.29 is 13.2 Å². The third-order valence-electron chi connectivity index (χ3n) is 2.85. The molecule has 1 aromatic heterocycles. The molecule has 0 saturated heterocycles. The molecule has 3 nitrogen and oxygen atoms in total. The molecule has 2 N–H and O–H groups in total. The van der Waals surface area contributed by atoms with E-state index in [4.69, 9.17) is 11.0 Å². The Balaban J connectivity index is 2.72. The Morgan fingerprint density at radius 1 is 1.39 bits per heavy atom. The summed E-state index contributed by atoms with van der Waals surface area (Å²) < 4.78 is 38.4. The van der Waals surface area contributed by atoms with Crippen LogP contribution in [-0.4, -0.2) is 10.7 Å². The number of fused-ring (bicyclic) bond motifs is 1. The maximum atomic E-state index is 12.5. The Morgan fingerprint density at radius 3 is 2.61 bits per heavy atom. The van der Waals surface area contributed by atoms with E-state index in [1.54, 1.807) is 19.1 Å². The lowest BCUT2D eigenvalue weighted by molar-refractivity contribution is -0.140. The van der Waals surface area contributed by atoms with E-state index < -0.39 is 12.7 Å². The summed E-state index contributed by atoms with van der Waals surface area (Å²) in [6.07, 6.45) is -4.37. The number of nitrogens with two attached hydrogens (primary N) is 1. The van der Waals surface area contributed by atoms with Crippen LogP contribution in [-0.2, 0) is 6.54 Å². The summed E-state index contributed by atoms with van der Waals surface area (Å²) in [7, 11) is 0. The Bertz CT molecular complexity index is 647. The van der Waals surface area contributed by atoms with Crippen LogP contribution in [0.2, 0.25) is 0 Å². The number of anilines is 1. The Labute approximate surface area is 101 Å². The smallest absolute Gasteiger partial charge is 0.398 e. The molecular formula is C12H10F3N3. The van der Waals surface area contributed by atoms with Gasteiger partial charge in [0.1, 0.15) is 18.3 Å². The van der Waals surface area contributed by atoms with Gasteiger partial charge in [-0.25, -0.2) is 0 Å². The topological polar surface area (TPSA) is 54.7 Å². The van der Waals surface area contributed by atoms with Crippen LogP contribution in [0.1, 0.15) is 11.3 Å². The molecule has 0 radical (unpaired) electrons. The van der Waals surface area contributed by atoms with Crippen LogP contribution >= 0.6 is 0 Å². The predicted molar refractivity (Wildman–Crippen MR) is 61.9 cm³/mol. The molecule has 0 amide bonds. The summed E-state index contributed by atoms with van der Waals surface area (Å²) in [4.78, 5) is 0. The fourth-order valence-electron chi connectivity index (χ4n) is 1.94. The third-order valence-corrected chi connectivity index (χ3v) is 2.85. The second-order valence-electron chi connectivity index (χ2n) is 4.06. The Morgan fingerprint density at radius 2 is 2.06 bits per heavy atom. The zero-order valence-corrected chi connectivity index (χ0v) is 9.54. The van der Waals surface area contributed by atoms with E-state index in [0.717, 1.165) is 4.57 Å². The van der Waals surface area contributed by atoms with Crippen LogP contribution in [0.15, 0.2) is 18.2 Å². The summed E-state index contributed by atoms with van der Waals surface area (Å²) in [6, 6.07) is 6.27. The molecule has 0 atom stereocenters. The van der Waals surface area contributed by atoms with Gasteiger partial charge in [-0.15, -0.1) is 0 Å². The van der Waals surface area contributed by atoms with Gasteiger partial charge in [-0.2, -0.15) is 18.4 Å². The fourth-order valence-corrected chi connectivity index (χ4v) is 1.94. The molecule has 0 aliphatic rings. The van der Waals surface area contributed by atoms with E-state index >= 15 is 0 Å². The standard InChI is InChI=1S/C12H10F3N3/c1-7-9-4-8(5-16)18(6-12(13,14)15)11(9)3-2-10(7)17/h2-4H,6,17H2,1H3. The van der Waals surface area contributed by atoms with Crippen molar-refractivity contribution in [2.24, 2.45) is 0 Å². The monoisotopic (exact) mass is 253 g/mol. The molecule has 0 spiro atoms. The van der Waals surface area contributed by atoms with Gasteiger partial charge in [0.15, 0.2) is 0 Å². The molecule has 18 heavy (non-hydrogen) atoms. The largest absolute Gasteiger partial charge is 0.406 e. The van der Waals surface area contributed by atoms with E-state index in [-0.39, 0.29) is 5.69 Å². The first-order valence-electron chi connectivity index (χ1n) is 5.18. The average molecular weight is 253 g/mol. The zero-order valence-electron chi connectivity index (χ0n) is 9.54. The summed E-state index contributed by atoms with van der Waals surface area (Å²) >= 11 is 0. The number of hydrogen-bond donors (Lipinski definition) is 1. The highest BCUT2D eigenvalue weighted by molar-refractivity contribution is 5.89. The molecule has 0 aliphatic carbocycles. The number of aryl methyl sites for hydroxylation is 1.